The normalized spacial score (nSPS) is 23.5. The lowest BCUT2D eigenvalue weighted by Crippen LogP contribution is -2.81. The average Bonchev–Trinajstić information content (AvgIpc) is 3.66. The van der Waals surface area contributed by atoms with Crippen LogP contribution in [0.4, 0.5) is 19.0 Å². The topological polar surface area (TPSA) is 98.9 Å². The molecule has 3 aliphatic carbocycles. The van der Waals surface area contributed by atoms with Gasteiger partial charge in [0.05, 0.1) is 18.2 Å². The van der Waals surface area contributed by atoms with Crippen LogP contribution in [0, 0.1) is 29.6 Å². The van der Waals surface area contributed by atoms with Gasteiger partial charge in [-0.3, -0.25) is 9.69 Å². The number of hydrogen-bond donors (Lipinski definition) is 2. The molecule has 2 bridgehead atoms. The molecule has 264 valence electrons. The largest absolute Gasteiger partial charge is 0.393 e. The van der Waals surface area contributed by atoms with Gasteiger partial charge < -0.3 is 15.2 Å². The number of benzene rings is 2. The Bertz CT molecular complexity index is 2150. The molecule has 0 unspecified atom stereocenters. The quantitative estimate of drug-likeness (QED) is 0.155. The van der Waals surface area contributed by atoms with Crippen LogP contribution in [0.2, 0.25) is 0 Å². The number of fused-ring (bicyclic) bond motifs is 2. The second kappa shape index (κ2) is 12.6. The number of nitriles is 1. The lowest BCUT2D eigenvalue weighted by molar-refractivity contribution is -0.228. The van der Waals surface area contributed by atoms with Crippen molar-refractivity contribution in [1.29, 1.82) is 5.26 Å². The van der Waals surface area contributed by atoms with Crippen molar-refractivity contribution < 1.29 is 18.0 Å². The van der Waals surface area contributed by atoms with Gasteiger partial charge in [-0.25, -0.2) is 9.97 Å². The minimum Gasteiger partial charge on any atom is -0.367 e. The summed E-state index contributed by atoms with van der Waals surface area (Å²) in [6.45, 7) is 7.70. The van der Waals surface area contributed by atoms with Crippen molar-refractivity contribution in [2.75, 3.05) is 18.4 Å². The van der Waals surface area contributed by atoms with E-state index in [9.17, 15) is 23.2 Å². The Labute approximate surface area is 298 Å². The summed E-state index contributed by atoms with van der Waals surface area (Å²) in [6, 6.07) is 20.4. The second-order valence-electron chi connectivity index (χ2n) is 15.0. The Morgan fingerprint density at radius 3 is 2.55 bits per heavy atom. The first-order valence-corrected chi connectivity index (χ1v) is 18.4. The summed E-state index contributed by atoms with van der Waals surface area (Å²) in [5, 5.41) is 18.7. The van der Waals surface area contributed by atoms with E-state index in [1.165, 1.54) is 17.5 Å². The highest BCUT2D eigenvalue weighted by molar-refractivity contribution is 7.18. The highest BCUT2D eigenvalue weighted by Gasteiger charge is 2.74. The number of hydrogen-bond acceptors (Lipinski definition) is 7. The molecule has 2 N–H and O–H groups in total. The van der Waals surface area contributed by atoms with E-state index in [2.05, 4.69) is 62.1 Å². The van der Waals surface area contributed by atoms with Crippen LogP contribution >= 0.6 is 11.3 Å². The number of halogens is 3. The summed E-state index contributed by atoms with van der Waals surface area (Å²) in [4.78, 5) is 24.7. The summed E-state index contributed by atoms with van der Waals surface area (Å²) >= 11 is 1.07. The molecule has 4 aliphatic rings. The van der Waals surface area contributed by atoms with Crippen molar-refractivity contribution in [3.8, 4) is 6.07 Å². The Kier molecular flexibility index (Phi) is 8.34. The van der Waals surface area contributed by atoms with E-state index < -0.39 is 12.6 Å². The molecule has 4 heterocycles. The SMILES string of the molecule is Cc1c(CN2CCC(Nc3ncnc4sc(CC(F)(F)F)cc34)CC2)ccc2c1cc(C#N)n2CC12CC(NC(=O)Cc3ccccc3)(C1)[C@H]2C. The van der Waals surface area contributed by atoms with Crippen LogP contribution in [-0.2, 0) is 30.7 Å². The molecular weight excluding hydrogens is 672 g/mol. The fourth-order valence-corrected chi connectivity index (χ4v) is 9.96. The number of nitrogens with one attached hydrogen (secondary N) is 2. The predicted molar refractivity (Wildman–Crippen MR) is 192 cm³/mol. The number of thiophene rings is 1. The maximum Gasteiger partial charge on any atom is 0.393 e. The number of alkyl halides is 3. The Hall–Kier alpha value is -4.47. The van der Waals surface area contributed by atoms with E-state index in [4.69, 9.17) is 0 Å². The van der Waals surface area contributed by atoms with Gasteiger partial charge in [-0.15, -0.1) is 11.3 Å². The van der Waals surface area contributed by atoms with Crippen LogP contribution in [-0.4, -0.2) is 56.2 Å². The molecule has 9 rings (SSSR count). The van der Waals surface area contributed by atoms with Gasteiger partial charge in [0.25, 0.3) is 0 Å². The predicted octanol–water partition coefficient (Wildman–Crippen LogP) is 7.54. The van der Waals surface area contributed by atoms with Crippen LogP contribution in [0.3, 0.4) is 0 Å². The summed E-state index contributed by atoms with van der Waals surface area (Å²) in [5.41, 5.74) is 5.14. The van der Waals surface area contributed by atoms with Gasteiger partial charge in [-0.05, 0) is 78.8 Å². The van der Waals surface area contributed by atoms with E-state index in [0.717, 1.165) is 79.7 Å². The van der Waals surface area contributed by atoms with Crippen molar-refractivity contribution in [3.05, 3.63) is 88.2 Å². The van der Waals surface area contributed by atoms with Crippen LogP contribution in [0.15, 0.2) is 60.9 Å². The fraction of sp³-hybridized carbons (Fsp3) is 0.436. The van der Waals surface area contributed by atoms with E-state index in [-0.39, 0.29) is 27.8 Å². The lowest BCUT2D eigenvalue weighted by Gasteiger charge is -2.76. The van der Waals surface area contributed by atoms with Crippen molar-refractivity contribution in [2.24, 2.45) is 11.3 Å². The zero-order valence-corrected chi connectivity index (χ0v) is 29.5. The molecule has 1 saturated heterocycles. The monoisotopic (exact) mass is 711 g/mol. The highest BCUT2D eigenvalue weighted by Crippen LogP contribution is 2.72. The molecule has 4 fully saturated rings. The van der Waals surface area contributed by atoms with Crippen LogP contribution in [0.1, 0.15) is 59.9 Å². The van der Waals surface area contributed by atoms with Crippen LogP contribution in [0.25, 0.3) is 21.1 Å². The zero-order chi connectivity index (χ0) is 35.5. The van der Waals surface area contributed by atoms with Gasteiger partial charge >= 0.3 is 6.18 Å². The van der Waals surface area contributed by atoms with Gasteiger partial charge in [0, 0.05) is 53.5 Å². The van der Waals surface area contributed by atoms with Gasteiger partial charge in [0.1, 0.15) is 28.7 Å². The molecule has 1 atom stereocenters. The number of rotatable bonds is 10. The number of carbonyl (C=O) groups excluding carboxylic acids is 1. The number of anilines is 1. The molecule has 1 aliphatic heterocycles. The summed E-state index contributed by atoms with van der Waals surface area (Å²) in [6.07, 6.45) is 0.215. The lowest BCUT2D eigenvalue weighted by atomic mass is 9.33. The van der Waals surface area contributed by atoms with E-state index in [1.54, 1.807) is 6.07 Å². The first-order valence-electron chi connectivity index (χ1n) is 17.6. The van der Waals surface area contributed by atoms with Crippen molar-refractivity contribution >= 4 is 44.2 Å². The van der Waals surface area contributed by atoms with Crippen molar-refractivity contribution in [3.63, 3.8) is 0 Å². The third-order valence-corrected chi connectivity index (χ3v) is 12.9. The molecule has 0 spiro atoms. The Balaban J connectivity index is 0.895. The Morgan fingerprint density at radius 2 is 1.84 bits per heavy atom. The Morgan fingerprint density at radius 1 is 1.08 bits per heavy atom. The standard InChI is InChI=1S/C39H40F3N7OS/c1-24-27(19-48-12-10-28(11-13-48)46-35-32-16-30(17-39(40,41)42)51-36(32)45-23-44-35)8-9-33-31(24)15-29(18-43)49(33)22-37-20-38(21-37,25(37)2)47-34(50)14-26-6-4-3-5-7-26/h3-9,15-16,23,25,28H,10-14,17,19-22H2,1-2H3,(H,47,50)(H,44,45,46)/t25-,37?,38?/m0/s1. The fourth-order valence-electron chi connectivity index (χ4n) is 8.93. The van der Waals surface area contributed by atoms with E-state index in [1.807, 2.05) is 36.4 Å². The van der Waals surface area contributed by atoms with Gasteiger partial charge in [-0.1, -0.05) is 43.3 Å². The number of nitrogens with zero attached hydrogens (tertiary/aromatic N) is 5. The summed E-state index contributed by atoms with van der Waals surface area (Å²) < 4.78 is 41.1. The summed E-state index contributed by atoms with van der Waals surface area (Å²) in [5.74, 6) is 1.00. The van der Waals surface area contributed by atoms with E-state index >= 15 is 0 Å². The van der Waals surface area contributed by atoms with Crippen LogP contribution in [0.5, 0.6) is 0 Å². The van der Waals surface area contributed by atoms with E-state index in [0.29, 0.717) is 34.1 Å². The number of amides is 1. The van der Waals surface area contributed by atoms with Crippen LogP contribution < -0.4 is 10.6 Å². The van der Waals surface area contributed by atoms with Crippen molar-refractivity contribution in [1.82, 2.24) is 24.8 Å². The van der Waals surface area contributed by atoms with Gasteiger partial charge in [-0.2, -0.15) is 18.4 Å². The number of aryl methyl sites for hydroxylation is 1. The molecule has 2 aromatic carbocycles. The number of piperidine rings is 1. The third kappa shape index (κ3) is 6.25. The number of carbonyl (C=O) groups is 1. The summed E-state index contributed by atoms with van der Waals surface area (Å²) in [7, 11) is 0. The van der Waals surface area contributed by atoms with Gasteiger partial charge in [0.2, 0.25) is 5.91 Å². The first-order chi connectivity index (χ1) is 24.4. The molecule has 1 amide bonds. The first kappa shape index (κ1) is 33.7. The minimum absolute atomic E-state index is 0.0704. The molecule has 8 nitrogen and oxygen atoms in total. The minimum atomic E-state index is -4.26. The maximum absolute atomic E-state index is 13.0. The molecule has 3 saturated carbocycles. The third-order valence-electron chi connectivity index (χ3n) is 11.8. The smallest absolute Gasteiger partial charge is 0.367 e. The molecular formula is C39H40F3N7OS. The average molecular weight is 712 g/mol. The molecule has 0 radical (unpaired) electrons. The molecule has 3 aromatic heterocycles. The highest BCUT2D eigenvalue weighted by atomic mass is 32.1. The maximum atomic E-state index is 13.0. The molecule has 12 heteroatoms. The van der Waals surface area contributed by atoms with Crippen molar-refractivity contribution in [2.45, 2.75) is 83.2 Å². The number of aromatic nitrogens is 3. The second-order valence-corrected chi connectivity index (χ2v) is 16.1. The number of likely N-dealkylation sites (tertiary alicyclic amines) is 1. The molecule has 51 heavy (non-hydrogen) atoms. The van der Waals surface area contributed by atoms with Gasteiger partial charge in [0.15, 0.2) is 0 Å². The zero-order valence-electron chi connectivity index (χ0n) is 28.7. The molecule has 5 aromatic rings.